The minimum Gasteiger partial charge on any atom is -0.340 e. The summed E-state index contributed by atoms with van der Waals surface area (Å²) in [5.74, 6) is 0.804. The molecule has 2 aliphatic heterocycles. The second-order valence-electron chi connectivity index (χ2n) is 7.15. The molecule has 1 saturated carbocycles. The summed E-state index contributed by atoms with van der Waals surface area (Å²) >= 11 is 0. The lowest BCUT2D eigenvalue weighted by Crippen LogP contribution is -2.52. The summed E-state index contributed by atoms with van der Waals surface area (Å²) < 4.78 is 0. The number of hydrogen-bond acceptors (Lipinski definition) is 3. The molecule has 0 unspecified atom stereocenters. The zero-order valence-electron chi connectivity index (χ0n) is 14.1. The number of amides is 2. The Morgan fingerprint density at radius 2 is 1.75 bits per heavy atom. The van der Waals surface area contributed by atoms with Crippen LogP contribution in [0.5, 0.6) is 0 Å². The number of piperazine rings is 1. The molecule has 5 heteroatoms. The maximum Gasteiger partial charge on any atom is 0.241 e. The van der Waals surface area contributed by atoms with Crippen LogP contribution in [0.25, 0.3) is 0 Å². The third-order valence-electron chi connectivity index (χ3n) is 5.38. The fourth-order valence-corrected chi connectivity index (χ4v) is 3.78. The summed E-state index contributed by atoms with van der Waals surface area (Å²) in [5, 5.41) is 0. The molecule has 2 heterocycles. The molecule has 24 heavy (non-hydrogen) atoms. The lowest BCUT2D eigenvalue weighted by molar-refractivity contribution is -0.134. The first kappa shape index (κ1) is 15.6. The van der Waals surface area contributed by atoms with Crippen LogP contribution in [0.4, 0.5) is 5.69 Å². The minimum atomic E-state index is 0.184. The van der Waals surface area contributed by atoms with E-state index in [1.54, 1.807) is 0 Å². The highest BCUT2D eigenvalue weighted by atomic mass is 16.2. The number of hydrogen-bond donors (Lipinski definition) is 0. The average molecular weight is 327 g/mol. The van der Waals surface area contributed by atoms with Crippen molar-refractivity contribution in [1.29, 1.82) is 0 Å². The molecule has 0 atom stereocenters. The summed E-state index contributed by atoms with van der Waals surface area (Å²) in [4.78, 5) is 31.0. The van der Waals surface area contributed by atoms with Crippen LogP contribution < -0.4 is 4.90 Å². The Kier molecular flexibility index (Phi) is 4.27. The van der Waals surface area contributed by atoms with E-state index in [1.165, 1.54) is 5.56 Å². The zero-order valence-corrected chi connectivity index (χ0v) is 14.1. The van der Waals surface area contributed by atoms with Gasteiger partial charge in [-0.2, -0.15) is 0 Å². The third-order valence-corrected chi connectivity index (χ3v) is 5.38. The minimum absolute atomic E-state index is 0.184. The van der Waals surface area contributed by atoms with E-state index in [-0.39, 0.29) is 5.91 Å². The topological polar surface area (TPSA) is 43.9 Å². The van der Waals surface area contributed by atoms with Gasteiger partial charge in [0, 0.05) is 44.3 Å². The van der Waals surface area contributed by atoms with Gasteiger partial charge in [0.05, 0.1) is 6.54 Å². The molecule has 5 nitrogen and oxygen atoms in total. The van der Waals surface area contributed by atoms with Crippen LogP contribution in [0.3, 0.4) is 0 Å². The molecular formula is C19H25N3O2. The van der Waals surface area contributed by atoms with Crippen molar-refractivity contribution in [2.24, 2.45) is 5.92 Å². The van der Waals surface area contributed by atoms with Crippen molar-refractivity contribution in [3.05, 3.63) is 29.8 Å². The number of nitrogens with zero attached hydrogens (tertiary/aromatic N) is 3. The van der Waals surface area contributed by atoms with E-state index in [1.807, 2.05) is 21.9 Å². The smallest absolute Gasteiger partial charge is 0.241 e. The molecule has 1 aromatic carbocycles. The van der Waals surface area contributed by atoms with E-state index in [0.717, 1.165) is 64.1 Å². The number of anilines is 1. The molecule has 0 radical (unpaired) electrons. The molecule has 1 saturated heterocycles. The van der Waals surface area contributed by atoms with E-state index >= 15 is 0 Å². The zero-order chi connectivity index (χ0) is 16.5. The molecule has 0 aromatic heterocycles. The van der Waals surface area contributed by atoms with Crippen LogP contribution in [0, 0.1) is 5.92 Å². The summed E-state index contributed by atoms with van der Waals surface area (Å²) in [6.45, 7) is 4.41. The van der Waals surface area contributed by atoms with Gasteiger partial charge in [-0.1, -0.05) is 18.2 Å². The van der Waals surface area contributed by atoms with Gasteiger partial charge in [-0.3, -0.25) is 14.5 Å². The number of rotatable bonds is 3. The van der Waals surface area contributed by atoms with Crippen molar-refractivity contribution < 1.29 is 9.59 Å². The number of benzene rings is 1. The van der Waals surface area contributed by atoms with Crippen LogP contribution >= 0.6 is 0 Å². The van der Waals surface area contributed by atoms with Crippen LogP contribution in [-0.2, 0) is 16.0 Å². The summed E-state index contributed by atoms with van der Waals surface area (Å²) in [7, 11) is 0. The highest BCUT2D eigenvalue weighted by molar-refractivity contribution is 5.96. The van der Waals surface area contributed by atoms with Gasteiger partial charge in [0.1, 0.15) is 0 Å². The van der Waals surface area contributed by atoms with Crippen molar-refractivity contribution in [1.82, 2.24) is 9.80 Å². The summed E-state index contributed by atoms with van der Waals surface area (Å²) in [6.07, 6.45) is 4.21. The van der Waals surface area contributed by atoms with Crippen LogP contribution in [0.15, 0.2) is 24.3 Å². The second-order valence-corrected chi connectivity index (χ2v) is 7.15. The third kappa shape index (κ3) is 3.18. The molecule has 0 bridgehead atoms. The van der Waals surface area contributed by atoms with E-state index < -0.39 is 0 Å². The second kappa shape index (κ2) is 6.55. The highest BCUT2D eigenvalue weighted by Gasteiger charge is 2.35. The van der Waals surface area contributed by atoms with Crippen molar-refractivity contribution in [2.45, 2.75) is 25.7 Å². The first-order valence-corrected chi connectivity index (χ1v) is 9.12. The maximum atomic E-state index is 12.8. The number of aryl methyl sites for hydroxylation is 1. The number of fused-ring (bicyclic) bond motifs is 1. The van der Waals surface area contributed by atoms with Crippen LogP contribution in [0.2, 0.25) is 0 Å². The molecule has 128 valence electrons. The number of carbonyl (C=O) groups is 2. The Labute approximate surface area is 143 Å². The molecule has 4 rings (SSSR count). The van der Waals surface area contributed by atoms with E-state index in [9.17, 15) is 9.59 Å². The maximum absolute atomic E-state index is 12.8. The summed E-state index contributed by atoms with van der Waals surface area (Å²) in [5.41, 5.74) is 2.35. The molecular weight excluding hydrogens is 302 g/mol. The van der Waals surface area contributed by atoms with Crippen molar-refractivity contribution in [3.8, 4) is 0 Å². The lowest BCUT2D eigenvalue weighted by Gasteiger charge is -2.36. The molecule has 0 N–H and O–H groups in total. The van der Waals surface area contributed by atoms with Crippen LogP contribution in [0.1, 0.15) is 24.8 Å². The van der Waals surface area contributed by atoms with Gasteiger partial charge in [0.2, 0.25) is 11.8 Å². The first-order valence-electron chi connectivity index (χ1n) is 9.12. The predicted molar refractivity (Wildman–Crippen MR) is 92.9 cm³/mol. The van der Waals surface area contributed by atoms with E-state index in [4.69, 9.17) is 0 Å². The molecule has 1 aliphatic carbocycles. The van der Waals surface area contributed by atoms with Crippen molar-refractivity contribution in [3.63, 3.8) is 0 Å². The largest absolute Gasteiger partial charge is 0.340 e. The van der Waals surface area contributed by atoms with Gasteiger partial charge < -0.3 is 9.80 Å². The molecule has 2 fully saturated rings. The van der Waals surface area contributed by atoms with Gasteiger partial charge in [-0.15, -0.1) is 0 Å². The quantitative estimate of drug-likeness (QED) is 0.845. The molecule has 1 aromatic rings. The SMILES string of the molecule is O=C(C1CC1)N1CCN(CC(=O)N2CCCc3ccccc32)CC1. The van der Waals surface area contributed by atoms with Gasteiger partial charge in [-0.25, -0.2) is 0 Å². The normalized spacial score (nSPS) is 21.5. The van der Waals surface area contributed by atoms with E-state index in [2.05, 4.69) is 17.0 Å². The highest BCUT2D eigenvalue weighted by Crippen LogP contribution is 2.31. The predicted octanol–water partition coefficient (Wildman–Crippen LogP) is 1.52. The fourth-order valence-electron chi connectivity index (χ4n) is 3.78. The monoisotopic (exact) mass is 327 g/mol. The van der Waals surface area contributed by atoms with E-state index in [0.29, 0.717) is 18.4 Å². The van der Waals surface area contributed by atoms with Crippen molar-refractivity contribution in [2.75, 3.05) is 44.2 Å². The fraction of sp³-hybridized carbons (Fsp3) is 0.579. The average Bonchev–Trinajstić information content (AvgIpc) is 3.46. The first-order chi connectivity index (χ1) is 11.7. The molecule has 0 spiro atoms. The van der Waals surface area contributed by atoms with Gasteiger partial charge >= 0.3 is 0 Å². The van der Waals surface area contributed by atoms with Gasteiger partial charge in [0.25, 0.3) is 0 Å². The van der Waals surface area contributed by atoms with Crippen LogP contribution in [-0.4, -0.2) is 60.9 Å². The Morgan fingerprint density at radius 3 is 2.50 bits per heavy atom. The standard InChI is InChI=1S/C19H25N3O2/c23-18(22-9-3-5-15-4-1-2-6-17(15)22)14-20-10-12-21(13-11-20)19(24)16-7-8-16/h1-2,4,6,16H,3,5,7-14H2. The Balaban J connectivity index is 1.33. The molecule has 2 amide bonds. The number of para-hydroxylation sites is 1. The summed E-state index contributed by atoms with van der Waals surface area (Å²) in [6, 6.07) is 8.23. The van der Waals surface area contributed by atoms with Gasteiger partial charge in [0.15, 0.2) is 0 Å². The Hall–Kier alpha value is -1.88. The molecule has 3 aliphatic rings. The van der Waals surface area contributed by atoms with Gasteiger partial charge in [-0.05, 0) is 37.3 Å². The Morgan fingerprint density at radius 1 is 1.00 bits per heavy atom. The number of carbonyl (C=O) groups excluding carboxylic acids is 2. The lowest BCUT2D eigenvalue weighted by atomic mass is 10.0. The Bertz CT molecular complexity index is 633. The van der Waals surface area contributed by atoms with Crippen molar-refractivity contribution >= 4 is 17.5 Å².